The van der Waals surface area contributed by atoms with Crippen LogP contribution in [0, 0.1) is 27.7 Å². The third kappa shape index (κ3) is 5.35. The molecule has 0 saturated heterocycles. The Bertz CT molecular complexity index is 1490. The number of carbonyl (C=O) groups is 2. The number of aryl methyl sites for hydroxylation is 3. The van der Waals surface area contributed by atoms with Crippen LogP contribution in [0.25, 0.3) is 11.8 Å². The molecule has 2 heterocycles. The molecule has 4 rings (SSSR count). The molecule has 0 spiro atoms. The van der Waals surface area contributed by atoms with Crippen LogP contribution in [-0.4, -0.2) is 49.2 Å². The molecular weight excluding hydrogens is 492 g/mol. The van der Waals surface area contributed by atoms with E-state index in [0.29, 0.717) is 41.3 Å². The van der Waals surface area contributed by atoms with Gasteiger partial charge in [-0.2, -0.15) is 0 Å². The van der Waals surface area contributed by atoms with Gasteiger partial charge < -0.3 is 23.7 Å². The second kappa shape index (κ2) is 11.2. The lowest BCUT2D eigenvalue weighted by atomic mass is 10.0. The Morgan fingerprint density at radius 1 is 0.872 bits per heavy atom. The summed E-state index contributed by atoms with van der Waals surface area (Å²) in [5, 5.41) is 0. The fraction of sp³-hybridized carbons (Fsp3) is 0.312. The van der Waals surface area contributed by atoms with Gasteiger partial charge in [-0.1, -0.05) is 12.1 Å². The predicted octanol–water partition coefficient (Wildman–Crippen LogP) is 5.64. The normalized spacial score (nSPS) is 14.4. The van der Waals surface area contributed by atoms with Gasteiger partial charge >= 0.3 is 5.97 Å². The van der Waals surface area contributed by atoms with E-state index < -0.39 is 5.97 Å². The zero-order valence-electron chi connectivity index (χ0n) is 24.0. The average Bonchev–Trinajstić information content (AvgIpc) is 3.31. The number of ether oxygens (including phenoxy) is 3. The third-order valence-electron chi connectivity index (χ3n) is 7.21. The minimum absolute atomic E-state index is 0.218. The van der Waals surface area contributed by atoms with Crippen LogP contribution in [0.4, 0.5) is 0 Å². The van der Waals surface area contributed by atoms with E-state index in [1.807, 2.05) is 44.2 Å². The monoisotopic (exact) mass is 528 g/mol. The first-order valence-corrected chi connectivity index (χ1v) is 12.9. The molecule has 7 heteroatoms. The molecule has 0 saturated carbocycles. The van der Waals surface area contributed by atoms with Gasteiger partial charge in [-0.3, -0.25) is 4.79 Å². The van der Waals surface area contributed by atoms with Gasteiger partial charge in [0.15, 0.2) is 11.5 Å². The minimum Gasteiger partial charge on any atom is -0.493 e. The molecule has 0 atom stereocenters. The molecule has 1 aromatic heterocycles. The first-order chi connectivity index (χ1) is 18.6. The summed E-state index contributed by atoms with van der Waals surface area (Å²) in [6.07, 6.45) is 2.39. The topological polar surface area (TPSA) is 70.0 Å². The Kier molecular flexibility index (Phi) is 8.00. The summed E-state index contributed by atoms with van der Waals surface area (Å²) in [5.74, 6) is 0.532. The van der Waals surface area contributed by atoms with Crippen molar-refractivity contribution in [2.24, 2.45) is 0 Å². The largest absolute Gasteiger partial charge is 0.493 e. The lowest BCUT2D eigenvalue weighted by Crippen LogP contribution is -2.27. The summed E-state index contributed by atoms with van der Waals surface area (Å²) in [7, 11) is 4.52. The highest BCUT2D eigenvalue weighted by molar-refractivity contribution is 6.16. The Morgan fingerprint density at radius 2 is 1.54 bits per heavy atom. The summed E-state index contributed by atoms with van der Waals surface area (Å²) in [4.78, 5) is 28.2. The summed E-state index contributed by atoms with van der Waals surface area (Å²) in [5.41, 5.74) is 8.55. The van der Waals surface area contributed by atoms with Gasteiger partial charge in [-0.25, -0.2) is 4.79 Å². The Morgan fingerprint density at radius 3 is 2.15 bits per heavy atom. The van der Waals surface area contributed by atoms with Crippen LogP contribution in [0.15, 0.2) is 59.3 Å². The molecule has 0 N–H and O–H groups in total. The van der Waals surface area contributed by atoms with Crippen molar-refractivity contribution < 1.29 is 23.8 Å². The number of aromatic nitrogens is 1. The van der Waals surface area contributed by atoms with E-state index in [-0.39, 0.29) is 5.91 Å². The van der Waals surface area contributed by atoms with Crippen molar-refractivity contribution >= 4 is 18.0 Å². The SMILES string of the molecule is COC(=O)C1=C(C)N(CCc2ccc(OC)c(OC)c2)C(=O)/C1=C\c1cc(C)n(-c2cc(C)cc(C)c2)c1C. The Hall–Kier alpha value is -4.26. The van der Waals surface area contributed by atoms with Gasteiger partial charge in [0.1, 0.15) is 0 Å². The molecule has 1 amide bonds. The van der Waals surface area contributed by atoms with E-state index in [2.05, 4.69) is 36.6 Å². The van der Waals surface area contributed by atoms with Crippen LogP contribution in [-0.2, 0) is 20.7 Å². The first kappa shape index (κ1) is 27.8. The summed E-state index contributed by atoms with van der Waals surface area (Å²) in [6.45, 7) is 10.4. The quantitative estimate of drug-likeness (QED) is 0.279. The number of allylic oxidation sites excluding steroid dienone is 1. The standard InChI is InChI=1S/C32H36N2O5/c1-19-13-20(2)15-26(14-19)34-21(3)16-25(22(34)4)18-27-30(32(36)39-8)23(5)33(31(27)35)12-11-24-9-10-28(37-6)29(17-24)38-7/h9-10,13-18H,11-12H2,1-8H3/b27-18-. The van der Waals surface area contributed by atoms with Crippen LogP contribution < -0.4 is 9.47 Å². The van der Waals surface area contributed by atoms with E-state index in [1.165, 1.54) is 18.2 Å². The van der Waals surface area contributed by atoms with Crippen LogP contribution >= 0.6 is 0 Å². The zero-order valence-corrected chi connectivity index (χ0v) is 24.0. The highest BCUT2D eigenvalue weighted by Crippen LogP contribution is 2.34. The van der Waals surface area contributed by atoms with Crippen LogP contribution in [0.2, 0.25) is 0 Å². The summed E-state index contributed by atoms with van der Waals surface area (Å²) < 4.78 is 18.0. The molecule has 0 fully saturated rings. The van der Waals surface area contributed by atoms with Gasteiger partial charge in [-0.15, -0.1) is 0 Å². The van der Waals surface area contributed by atoms with Crippen molar-refractivity contribution in [3.05, 3.63) is 92.9 Å². The fourth-order valence-corrected chi connectivity index (χ4v) is 5.34. The fourth-order valence-electron chi connectivity index (χ4n) is 5.34. The summed E-state index contributed by atoms with van der Waals surface area (Å²) in [6, 6.07) is 14.2. The second-order valence-corrected chi connectivity index (χ2v) is 9.91. The van der Waals surface area contributed by atoms with E-state index in [1.54, 1.807) is 26.0 Å². The lowest BCUT2D eigenvalue weighted by Gasteiger charge is -2.18. The number of amides is 1. The summed E-state index contributed by atoms with van der Waals surface area (Å²) >= 11 is 0. The van der Waals surface area contributed by atoms with Crippen molar-refractivity contribution in [3.8, 4) is 17.2 Å². The van der Waals surface area contributed by atoms with Gasteiger partial charge in [0.05, 0.1) is 32.5 Å². The van der Waals surface area contributed by atoms with Crippen molar-refractivity contribution in [3.63, 3.8) is 0 Å². The number of methoxy groups -OCH3 is 3. The second-order valence-electron chi connectivity index (χ2n) is 9.91. The first-order valence-electron chi connectivity index (χ1n) is 12.9. The minimum atomic E-state index is -0.524. The Labute approximate surface area is 230 Å². The van der Waals surface area contributed by atoms with E-state index in [4.69, 9.17) is 14.2 Å². The van der Waals surface area contributed by atoms with E-state index in [0.717, 1.165) is 28.2 Å². The number of nitrogens with zero attached hydrogens (tertiary/aromatic N) is 2. The molecule has 0 aliphatic carbocycles. The molecule has 1 aliphatic rings. The van der Waals surface area contributed by atoms with Crippen molar-refractivity contribution in [2.45, 2.75) is 41.0 Å². The Balaban J connectivity index is 1.70. The van der Waals surface area contributed by atoms with Crippen LogP contribution in [0.5, 0.6) is 11.5 Å². The van der Waals surface area contributed by atoms with Crippen LogP contribution in [0.1, 0.15) is 40.6 Å². The molecule has 3 aromatic rings. The van der Waals surface area contributed by atoms with E-state index in [9.17, 15) is 9.59 Å². The predicted molar refractivity (Wildman–Crippen MR) is 152 cm³/mol. The molecule has 204 valence electrons. The van der Waals surface area contributed by atoms with Gasteiger partial charge in [0, 0.05) is 29.3 Å². The lowest BCUT2D eigenvalue weighted by molar-refractivity contribution is -0.136. The number of carbonyl (C=O) groups excluding carboxylic acids is 2. The highest BCUT2D eigenvalue weighted by atomic mass is 16.5. The van der Waals surface area contributed by atoms with E-state index >= 15 is 0 Å². The van der Waals surface area contributed by atoms with Gasteiger partial charge in [0.25, 0.3) is 5.91 Å². The maximum Gasteiger partial charge on any atom is 0.340 e. The molecule has 7 nitrogen and oxygen atoms in total. The number of benzene rings is 2. The molecule has 1 aliphatic heterocycles. The maximum absolute atomic E-state index is 13.7. The molecule has 2 aromatic carbocycles. The molecule has 0 unspecified atom stereocenters. The molecular formula is C32H36N2O5. The third-order valence-corrected chi connectivity index (χ3v) is 7.21. The van der Waals surface area contributed by atoms with Crippen molar-refractivity contribution in [2.75, 3.05) is 27.9 Å². The number of hydrogen-bond donors (Lipinski definition) is 0. The average molecular weight is 529 g/mol. The number of esters is 1. The highest BCUT2D eigenvalue weighted by Gasteiger charge is 2.37. The zero-order chi connectivity index (χ0) is 28.4. The number of hydrogen-bond acceptors (Lipinski definition) is 5. The van der Waals surface area contributed by atoms with Crippen LogP contribution in [0.3, 0.4) is 0 Å². The van der Waals surface area contributed by atoms with Crippen molar-refractivity contribution in [1.82, 2.24) is 9.47 Å². The van der Waals surface area contributed by atoms with Gasteiger partial charge in [-0.05, 0) is 99.7 Å². The molecule has 0 bridgehead atoms. The maximum atomic E-state index is 13.7. The molecule has 0 radical (unpaired) electrons. The number of rotatable bonds is 8. The smallest absolute Gasteiger partial charge is 0.340 e. The van der Waals surface area contributed by atoms with Gasteiger partial charge in [0.2, 0.25) is 0 Å². The molecule has 39 heavy (non-hydrogen) atoms. The van der Waals surface area contributed by atoms with Crippen molar-refractivity contribution in [1.29, 1.82) is 0 Å².